The largest absolute Gasteiger partial charge is 0.379 e. The van der Waals surface area contributed by atoms with Crippen LogP contribution in [-0.4, -0.2) is 50.2 Å². The van der Waals surface area contributed by atoms with Gasteiger partial charge in [0.1, 0.15) is 0 Å². The van der Waals surface area contributed by atoms with Crippen molar-refractivity contribution in [2.24, 2.45) is 0 Å². The summed E-state index contributed by atoms with van der Waals surface area (Å²) < 4.78 is 5.32. The summed E-state index contributed by atoms with van der Waals surface area (Å²) in [5.74, 6) is 0.0342. The summed E-state index contributed by atoms with van der Waals surface area (Å²) in [7, 11) is 0. The molecular weight excluding hydrogens is 379 g/mol. The number of nitrogens with one attached hydrogen (secondary N) is 1. The lowest BCUT2D eigenvalue weighted by Crippen LogP contribution is -2.41. The molecule has 1 saturated heterocycles. The molecule has 1 fully saturated rings. The standard InChI is InChI=1S/C18H20Cl2N2O2S/c19-14-2-1-3-15(20)18(14)16-5-4-13(25-16)12-17(23)21-6-7-22-8-10-24-11-9-22/h1-5H,6-12H2,(H,21,23). The second kappa shape index (κ2) is 9.01. The van der Waals surface area contributed by atoms with Gasteiger partial charge in [0.15, 0.2) is 0 Å². The van der Waals surface area contributed by atoms with Gasteiger partial charge >= 0.3 is 0 Å². The molecule has 2 aromatic rings. The number of thiophene rings is 1. The van der Waals surface area contributed by atoms with Crippen molar-refractivity contribution in [3.63, 3.8) is 0 Å². The van der Waals surface area contributed by atoms with Crippen LogP contribution in [0.2, 0.25) is 10.0 Å². The second-order valence-corrected chi connectivity index (χ2v) is 7.83. The van der Waals surface area contributed by atoms with Crippen molar-refractivity contribution in [1.29, 1.82) is 0 Å². The monoisotopic (exact) mass is 398 g/mol. The fourth-order valence-electron chi connectivity index (χ4n) is 2.74. The van der Waals surface area contributed by atoms with Crippen molar-refractivity contribution in [3.8, 4) is 10.4 Å². The first-order valence-corrected chi connectivity index (χ1v) is 9.80. The van der Waals surface area contributed by atoms with Crippen LogP contribution in [0.25, 0.3) is 10.4 Å². The number of benzene rings is 1. The van der Waals surface area contributed by atoms with Crippen LogP contribution in [0.3, 0.4) is 0 Å². The fraction of sp³-hybridized carbons (Fsp3) is 0.389. The van der Waals surface area contributed by atoms with E-state index < -0.39 is 0 Å². The summed E-state index contributed by atoms with van der Waals surface area (Å²) in [6.07, 6.45) is 0.371. The number of ether oxygens (including phenoxy) is 1. The SMILES string of the molecule is O=C(Cc1ccc(-c2c(Cl)cccc2Cl)s1)NCCN1CCOCC1. The molecule has 0 unspecified atom stereocenters. The Morgan fingerprint density at radius 2 is 1.88 bits per heavy atom. The first-order valence-electron chi connectivity index (χ1n) is 8.23. The van der Waals surface area contributed by atoms with Gasteiger partial charge in [-0.25, -0.2) is 0 Å². The molecule has 0 bridgehead atoms. The maximum atomic E-state index is 12.1. The highest BCUT2D eigenvalue weighted by atomic mass is 35.5. The highest BCUT2D eigenvalue weighted by molar-refractivity contribution is 7.15. The molecule has 7 heteroatoms. The maximum Gasteiger partial charge on any atom is 0.225 e. The minimum absolute atomic E-state index is 0.0342. The molecule has 1 aromatic carbocycles. The van der Waals surface area contributed by atoms with Gasteiger partial charge in [-0.1, -0.05) is 29.3 Å². The Morgan fingerprint density at radius 3 is 2.60 bits per heavy atom. The van der Waals surface area contributed by atoms with E-state index in [1.165, 1.54) is 0 Å². The van der Waals surface area contributed by atoms with Crippen LogP contribution in [0.1, 0.15) is 4.88 Å². The molecule has 25 heavy (non-hydrogen) atoms. The van der Waals surface area contributed by atoms with E-state index in [0.717, 1.165) is 48.2 Å². The van der Waals surface area contributed by atoms with E-state index >= 15 is 0 Å². The molecule has 134 valence electrons. The molecule has 2 heterocycles. The van der Waals surface area contributed by atoms with Crippen molar-refractivity contribution < 1.29 is 9.53 Å². The molecule has 4 nitrogen and oxygen atoms in total. The van der Waals surface area contributed by atoms with Crippen molar-refractivity contribution in [2.75, 3.05) is 39.4 Å². The number of nitrogens with zero attached hydrogens (tertiary/aromatic N) is 1. The third kappa shape index (κ3) is 5.19. The lowest BCUT2D eigenvalue weighted by molar-refractivity contribution is -0.120. The van der Waals surface area contributed by atoms with Crippen LogP contribution in [0.15, 0.2) is 30.3 Å². The third-order valence-corrected chi connectivity index (χ3v) is 5.79. The zero-order chi connectivity index (χ0) is 17.6. The average molecular weight is 399 g/mol. The summed E-state index contributed by atoms with van der Waals surface area (Å²) in [6.45, 7) is 4.94. The topological polar surface area (TPSA) is 41.6 Å². The Kier molecular flexibility index (Phi) is 6.73. The number of carbonyl (C=O) groups excluding carboxylic acids is 1. The molecule has 1 aromatic heterocycles. The normalized spacial score (nSPS) is 15.3. The van der Waals surface area contributed by atoms with Gasteiger partial charge in [-0.05, 0) is 24.3 Å². The minimum Gasteiger partial charge on any atom is -0.379 e. The van der Waals surface area contributed by atoms with Crippen molar-refractivity contribution in [2.45, 2.75) is 6.42 Å². The van der Waals surface area contributed by atoms with Gasteiger partial charge < -0.3 is 10.1 Å². The Balaban J connectivity index is 1.51. The van der Waals surface area contributed by atoms with Gasteiger partial charge in [0.25, 0.3) is 0 Å². The number of halogens is 2. The third-order valence-electron chi connectivity index (χ3n) is 4.06. The summed E-state index contributed by atoms with van der Waals surface area (Å²) in [5, 5.41) is 4.23. The van der Waals surface area contributed by atoms with E-state index in [9.17, 15) is 4.79 Å². The summed E-state index contributed by atoms with van der Waals surface area (Å²) >= 11 is 14.0. The molecule has 1 aliphatic rings. The van der Waals surface area contributed by atoms with Crippen LogP contribution in [0.5, 0.6) is 0 Å². The smallest absolute Gasteiger partial charge is 0.225 e. The summed E-state index contributed by atoms with van der Waals surface area (Å²) in [6, 6.07) is 9.39. The highest BCUT2D eigenvalue weighted by Crippen LogP contribution is 2.38. The predicted molar refractivity (Wildman–Crippen MR) is 104 cm³/mol. The van der Waals surface area contributed by atoms with E-state index in [1.807, 2.05) is 30.3 Å². The molecular formula is C18H20Cl2N2O2S. The number of hydrogen-bond donors (Lipinski definition) is 1. The predicted octanol–water partition coefficient (Wildman–Crippen LogP) is 3.71. The van der Waals surface area contributed by atoms with E-state index in [1.54, 1.807) is 11.3 Å². The number of amides is 1. The molecule has 0 aliphatic carbocycles. The molecule has 0 atom stereocenters. The zero-order valence-corrected chi connectivity index (χ0v) is 16.1. The van der Waals surface area contributed by atoms with E-state index in [4.69, 9.17) is 27.9 Å². The van der Waals surface area contributed by atoms with Crippen molar-refractivity contribution >= 4 is 40.4 Å². The molecule has 0 spiro atoms. The Hall–Kier alpha value is -1.11. The van der Waals surface area contributed by atoms with Crippen molar-refractivity contribution in [1.82, 2.24) is 10.2 Å². The van der Waals surface area contributed by atoms with Crippen LogP contribution < -0.4 is 5.32 Å². The quantitative estimate of drug-likeness (QED) is 0.805. The lowest BCUT2D eigenvalue weighted by Gasteiger charge is -2.26. The molecule has 1 aliphatic heterocycles. The number of rotatable bonds is 6. The molecule has 1 N–H and O–H groups in total. The maximum absolute atomic E-state index is 12.1. The van der Waals surface area contributed by atoms with Gasteiger partial charge in [-0.2, -0.15) is 0 Å². The summed E-state index contributed by atoms with van der Waals surface area (Å²) in [4.78, 5) is 16.4. The molecule has 1 amide bonds. The number of carbonyl (C=O) groups is 1. The van der Waals surface area contributed by atoms with Crippen LogP contribution >= 0.6 is 34.5 Å². The second-order valence-electron chi connectivity index (χ2n) is 5.84. The lowest BCUT2D eigenvalue weighted by atomic mass is 10.2. The molecule has 0 saturated carbocycles. The Bertz CT molecular complexity index is 709. The van der Waals surface area contributed by atoms with Gasteiger partial charge in [0, 0.05) is 41.5 Å². The summed E-state index contributed by atoms with van der Waals surface area (Å²) in [5.41, 5.74) is 0.829. The molecule has 0 radical (unpaired) electrons. The Morgan fingerprint density at radius 1 is 1.16 bits per heavy atom. The van der Waals surface area contributed by atoms with Gasteiger partial charge in [-0.15, -0.1) is 11.3 Å². The van der Waals surface area contributed by atoms with E-state index in [-0.39, 0.29) is 5.91 Å². The van der Waals surface area contributed by atoms with E-state index in [2.05, 4.69) is 10.2 Å². The number of hydrogen-bond acceptors (Lipinski definition) is 4. The highest BCUT2D eigenvalue weighted by Gasteiger charge is 2.13. The first kappa shape index (κ1) is 18.7. The van der Waals surface area contributed by atoms with Crippen LogP contribution in [0, 0.1) is 0 Å². The van der Waals surface area contributed by atoms with E-state index in [0.29, 0.717) is 23.0 Å². The zero-order valence-electron chi connectivity index (χ0n) is 13.8. The average Bonchev–Trinajstić information content (AvgIpc) is 3.03. The minimum atomic E-state index is 0.0342. The first-order chi connectivity index (χ1) is 12.1. The van der Waals surface area contributed by atoms with Gasteiger partial charge in [-0.3, -0.25) is 9.69 Å². The number of morpholine rings is 1. The van der Waals surface area contributed by atoms with Crippen LogP contribution in [-0.2, 0) is 16.0 Å². The van der Waals surface area contributed by atoms with Gasteiger partial charge in [0.2, 0.25) is 5.91 Å². The fourth-order valence-corrected chi connectivity index (χ4v) is 4.53. The Labute approximate surface area is 161 Å². The van der Waals surface area contributed by atoms with Crippen LogP contribution in [0.4, 0.5) is 0 Å². The van der Waals surface area contributed by atoms with Gasteiger partial charge in [0.05, 0.1) is 29.7 Å². The van der Waals surface area contributed by atoms with Crippen molar-refractivity contribution in [3.05, 3.63) is 45.3 Å². The molecule has 3 rings (SSSR count).